The lowest BCUT2D eigenvalue weighted by molar-refractivity contribution is 1.31. The van der Waals surface area contributed by atoms with Gasteiger partial charge in [0.2, 0.25) is 0 Å². The first-order valence-corrected chi connectivity index (χ1v) is 9.23. The molecule has 24 heavy (non-hydrogen) atoms. The lowest BCUT2D eigenvalue weighted by atomic mass is 10.0. The molecule has 6 aromatic rings. The molecule has 112 valence electrons. The number of hydrogen-bond donors (Lipinski definition) is 0. The molecule has 4 aromatic heterocycles. The molecule has 6 rings (SSSR count). The van der Waals surface area contributed by atoms with Gasteiger partial charge in [0, 0.05) is 55.7 Å². The van der Waals surface area contributed by atoms with Crippen molar-refractivity contribution < 1.29 is 0 Å². The summed E-state index contributed by atoms with van der Waals surface area (Å²) < 4.78 is 2.41. The molecule has 0 fully saturated rings. The fraction of sp³-hybridized carbons (Fsp3) is 0. The fourth-order valence-corrected chi connectivity index (χ4v) is 5.39. The summed E-state index contributed by atoms with van der Waals surface area (Å²) in [5.41, 5.74) is 3.80. The lowest BCUT2D eigenvalue weighted by Crippen LogP contribution is -1.90. The van der Waals surface area contributed by atoms with Crippen molar-refractivity contribution in [2.45, 2.75) is 0 Å². The topological polar surface area (TPSA) is 51.6 Å². The molecule has 0 spiro atoms. The number of nitrogens with zero attached hydrogens (tertiary/aromatic N) is 4. The Labute approximate surface area is 143 Å². The Hall–Kier alpha value is -2.70. The molecule has 4 heterocycles. The van der Waals surface area contributed by atoms with Crippen molar-refractivity contribution in [1.82, 2.24) is 19.9 Å². The Morgan fingerprint density at radius 3 is 1.42 bits per heavy atom. The van der Waals surface area contributed by atoms with Gasteiger partial charge in [-0.1, -0.05) is 0 Å². The van der Waals surface area contributed by atoms with Crippen LogP contribution in [0.5, 0.6) is 0 Å². The largest absolute Gasteiger partial charge is 0.252 e. The molecule has 0 unspecified atom stereocenters. The summed E-state index contributed by atoms with van der Waals surface area (Å²) in [6.45, 7) is 0. The van der Waals surface area contributed by atoms with Gasteiger partial charge >= 0.3 is 0 Å². The van der Waals surface area contributed by atoms with Crippen molar-refractivity contribution in [2.24, 2.45) is 0 Å². The van der Waals surface area contributed by atoms with E-state index < -0.39 is 0 Å². The van der Waals surface area contributed by atoms with E-state index in [0.29, 0.717) is 0 Å². The van der Waals surface area contributed by atoms with Gasteiger partial charge in [-0.2, -0.15) is 0 Å². The minimum atomic E-state index is 0.943. The number of benzene rings is 2. The van der Waals surface area contributed by atoms with E-state index in [2.05, 4.69) is 42.8 Å². The van der Waals surface area contributed by atoms with E-state index in [0.717, 1.165) is 43.6 Å². The standard InChI is InChI=1S/C18H8N4S2/c1-7-23-17-9(1)13-15(21-5-3-19-13)12-11(17)16-14(20-4-6-22-16)10-2-8-24-18(10)12/h1-8H. The normalized spacial score (nSPS) is 12.2. The smallest absolute Gasteiger partial charge is 0.0987 e. The summed E-state index contributed by atoms with van der Waals surface area (Å²) >= 11 is 3.45. The lowest BCUT2D eigenvalue weighted by Gasteiger charge is -2.09. The molecule has 0 N–H and O–H groups in total. The van der Waals surface area contributed by atoms with Crippen LogP contribution in [0.1, 0.15) is 0 Å². The zero-order chi connectivity index (χ0) is 15.7. The molecule has 2 aromatic carbocycles. The molecule has 0 aliphatic rings. The molecule has 0 radical (unpaired) electrons. The van der Waals surface area contributed by atoms with E-state index in [1.54, 1.807) is 47.5 Å². The van der Waals surface area contributed by atoms with E-state index in [4.69, 9.17) is 0 Å². The molecule has 0 atom stereocenters. The quantitative estimate of drug-likeness (QED) is 0.357. The maximum atomic E-state index is 4.68. The van der Waals surface area contributed by atoms with Crippen LogP contribution in [0.15, 0.2) is 47.7 Å². The van der Waals surface area contributed by atoms with Gasteiger partial charge in [0.15, 0.2) is 0 Å². The maximum Gasteiger partial charge on any atom is 0.0987 e. The van der Waals surface area contributed by atoms with Crippen LogP contribution in [0.25, 0.3) is 53.0 Å². The molecule has 0 amide bonds. The molecule has 0 saturated carbocycles. The molecular weight excluding hydrogens is 336 g/mol. The zero-order valence-electron chi connectivity index (χ0n) is 12.2. The number of hydrogen-bond acceptors (Lipinski definition) is 6. The second-order valence-corrected chi connectivity index (χ2v) is 7.42. The van der Waals surface area contributed by atoms with Gasteiger partial charge in [-0.3, -0.25) is 19.9 Å². The molecule has 0 aliphatic carbocycles. The summed E-state index contributed by atoms with van der Waals surface area (Å²) in [6, 6.07) is 4.24. The molecular formula is C18H8N4S2. The summed E-state index contributed by atoms with van der Waals surface area (Å²) in [6.07, 6.45) is 7.05. The van der Waals surface area contributed by atoms with Crippen molar-refractivity contribution in [2.75, 3.05) is 0 Å². The van der Waals surface area contributed by atoms with Gasteiger partial charge in [-0.25, -0.2) is 0 Å². The van der Waals surface area contributed by atoms with Crippen molar-refractivity contribution in [3.8, 4) is 0 Å². The van der Waals surface area contributed by atoms with Gasteiger partial charge in [-0.15, -0.1) is 22.7 Å². The van der Waals surface area contributed by atoms with Gasteiger partial charge in [-0.05, 0) is 22.9 Å². The summed E-state index contributed by atoms with van der Waals surface area (Å²) in [5, 5.41) is 8.78. The average Bonchev–Trinajstić information content (AvgIpc) is 3.31. The Morgan fingerprint density at radius 1 is 0.542 bits per heavy atom. The summed E-state index contributed by atoms with van der Waals surface area (Å²) in [4.78, 5) is 18.6. The van der Waals surface area contributed by atoms with Crippen LogP contribution in [0.4, 0.5) is 0 Å². The average molecular weight is 344 g/mol. The SMILES string of the molecule is c1cnc2c(n1)c1ccsc1c1c3nccnc3c3ccsc3c21. The van der Waals surface area contributed by atoms with Gasteiger partial charge < -0.3 is 0 Å². The number of thiophene rings is 2. The van der Waals surface area contributed by atoms with E-state index in [-0.39, 0.29) is 0 Å². The van der Waals surface area contributed by atoms with E-state index in [9.17, 15) is 0 Å². The predicted molar refractivity (Wildman–Crippen MR) is 101 cm³/mol. The van der Waals surface area contributed by atoms with Gasteiger partial charge in [0.25, 0.3) is 0 Å². The van der Waals surface area contributed by atoms with E-state index in [1.807, 2.05) is 0 Å². The first-order valence-electron chi connectivity index (χ1n) is 7.47. The van der Waals surface area contributed by atoms with Crippen LogP contribution in [-0.4, -0.2) is 19.9 Å². The van der Waals surface area contributed by atoms with Crippen molar-refractivity contribution in [1.29, 1.82) is 0 Å². The van der Waals surface area contributed by atoms with Crippen molar-refractivity contribution in [3.05, 3.63) is 47.7 Å². The second-order valence-electron chi connectivity index (χ2n) is 5.58. The third-order valence-corrected chi connectivity index (χ3v) is 6.28. The van der Waals surface area contributed by atoms with Crippen LogP contribution in [0.2, 0.25) is 0 Å². The van der Waals surface area contributed by atoms with Crippen LogP contribution in [0, 0.1) is 0 Å². The maximum absolute atomic E-state index is 4.68. The highest BCUT2D eigenvalue weighted by Gasteiger charge is 2.19. The molecule has 0 aliphatic heterocycles. The Morgan fingerprint density at radius 2 is 0.958 bits per heavy atom. The Bertz CT molecular complexity index is 1300. The summed E-state index contributed by atoms with van der Waals surface area (Å²) in [5.74, 6) is 0. The molecule has 0 bridgehead atoms. The number of fused-ring (bicyclic) bond motifs is 11. The van der Waals surface area contributed by atoms with Crippen LogP contribution < -0.4 is 0 Å². The van der Waals surface area contributed by atoms with Gasteiger partial charge in [0.05, 0.1) is 22.1 Å². The Kier molecular flexibility index (Phi) is 2.34. The minimum Gasteiger partial charge on any atom is -0.252 e. The third-order valence-electron chi connectivity index (χ3n) is 4.41. The first kappa shape index (κ1) is 12.7. The number of rotatable bonds is 0. The second kappa shape index (κ2) is 4.43. The van der Waals surface area contributed by atoms with E-state index >= 15 is 0 Å². The van der Waals surface area contributed by atoms with Gasteiger partial charge in [0.1, 0.15) is 0 Å². The highest BCUT2D eigenvalue weighted by Crippen LogP contribution is 2.44. The van der Waals surface area contributed by atoms with Crippen LogP contribution in [-0.2, 0) is 0 Å². The van der Waals surface area contributed by atoms with E-state index in [1.165, 1.54) is 9.40 Å². The van der Waals surface area contributed by atoms with Crippen LogP contribution >= 0.6 is 22.7 Å². The predicted octanol–water partition coefficient (Wildman–Crippen LogP) is 5.16. The number of aromatic nitrogens is 4. The molecule has 0 saturated heterocycles. The highest BCUT2D eigenvalue weighted by atomic mass is 32.1. The van der Waals surface area contributed by atoms with Crippen LogP contribution in [0.3, 0.4) is 0 Å². The monoisotopic (exact) mass is 344 g/mol. The highest BCUT2D eigenvalue weighted by molar-refractivity contribution is 7.20. The first-order chi connectivity index (χ1) is 11.9. The van der Waals surface area contributed by atoms with Crippen molar-refractivity contribution in [3.63, 3.8) is 0 Å². The molecule has 6 heteroatoms. The third kappa shape index (κ3) is 1.43. The fourth-order valence-electron chi connectivity index (χ4n) is 3.49. The zero-order valence-corrected chi connectivity index (χ0v) is 13.9. The van der Waals surface area contributed by atoms with Crippen molar-refractivity contribution >= 4 is 75.7 Å². The Balaban J connectivity index is 2.15. The molecule has 4 nitrogen and oxygen atoms in total. The minimum absolute atomic E-state index is 0.943. The summed E-state index contributed by atoms with van der Waals surface area (Å²) in [7, 11) is 0.